The Morgan fingerprint density at radius 1 is 1.04 bits per heavy atom. The van der Waals surface area contributed by atoms with Crippen molar-refractivity contribution in [2.24, 2.45) is 0 Å². The van der Waals surface area contributed by atoms with Gasteiger partial charge in [-0.2, -0.15) is 5.10 Å². The average Bonchev–Trinajstić information content (AvgIpc) is 3.07. The minimum absolute atomic E-state index is 0.407. The standard InChI is InChI=1S/C23H27N3/c1-17-11-12-20(13-18(17)2)14-24-22-9-6-10-23-21(22)15-25-26(23)16-19-7-4-3-5-8-19/h3-5,7-8,11-13,15,22,24H,6,9-10,14,16H2,1-2H3/t22-/m1/s1. The van der Waals surface area contributed by atoms with Gasteiger partial charge in [-0.15, -0.1) is 0 Å². The molecule has 1 aliphatic carbocycles. The molecule has 3 aromatic rings. The number of hydrogen-bond acceptors (Lipinski definition) is 2. The van der Waals surface area contributed by atoms with Crippen LogP contribution in [0.15, 0.2) is 54.7 Å². The van der Waals surface area contributed by atoms with E-state index in [-0.39, 0.29) is 0 Å². The number of benzene rings is 2. The molecule has 2 aromatic carbocycles. The van der Waals surface area contributed by atoms with Gasteiger partial charge in [0, 0.05) is 23.8 Å². The van der Waals surface area contributed by atoms with Crippen LogP contribution in [0.2, 0.25) is 0 Å². The van der Waals surface area contributed by atoms with E-state index in [1.807, 2.05) is 0 Å². The smallest absolute Gasteiger partial charge is 0.0662 e. The molecule has 1 heterocycles. The summed E-state index contributed by atoms with van der Waals surface area (Å²) in [5.74, 6) is 0. The molecule has 0 radical (unpaired) electrons. The van der Waals surface area contributed by atoms with Gasteiger partial charge in [0.25, 0.3) is 0 Å². The van der Waals surface area contributed by atoms with Crippen LogP contribution < -0.4 is 5.32 Å². The van der Waals surface area contributed by atoms with Crippen molar-refractivity contribution in [3.63, 3.8) is 0 Å². The number of hydrogen-bond donors (Lipinski definition) is 1. The summed E-state index contributed by atoms with van der Waals surface area (Å²) in [6.45, 7) is 6.13. The Labute approximate surface area is 156 Å². The van der Waals surface area contributed by atoms with Crippen LogP contribution in [-0.4, -0.2) is 9.78 Å². The zero-order valence-corrected chi connectivity index (χ0v) is 15.7. The van der Waals surface area contributed by atoms with Gasteiger partial charge >= 0.3 is 0 Å². The normalized spacial score (nSPS) is 16.5. The van der Waals surface area contributed by atoms with E-state index < -0.39 is 0 Å². The maximum Gasteiger partial charge on any atom is 0.0662 e. The highest BCUT2D eigenvalue weighted by Crippen LogP contribution is 2.30. The molecule has 0 bridgehead atoms. The first-order valence-corrected chi connectivity index (χ1v) is 9.59. The van der Waals surface area contributed by atoms with Crippen molar-refractivity contribution >= 4 is 0 Å². The third-order valence-electron chi connectivity index (χ3n) is 5.56. The average molecular weight is 345 g/mol. The molecule has 0 saturated carbocycles. The monoisotopic (exact) mass is 345 g/mol. The van der Waals surface area contributed by atoms with Crippen LogP contribution in [0.25, 0.3) is 0 Å². The Morgan fingerprint density at radius 2 is 1.88 bits per heavy atom. The molecule has 3 nitrogen and oxygen atoms in total. The Kier molecular flexibility index (Phi) is 4.89. The van der Waals surface area contributed by atoms with Gasteiger partial charge in [-0.3, -0.25) is 4.68 Å². The van der Waals surface area contributed by atoms with Crippen molar-refractivity contribution in [2.75, 3.05) is 0 Å². The fourth-order valence-electron chi connectivity index (χ4n) is 3.88. The van der Waals surface area contributed by atoms with E-state index in [1.165, 1.54) is 46.4 Å². The summed E-state index contributed by atoms with van der Waals surface area (Å²) in [6.07, 6.45) is 5.62. The molecule has 0 saturated heterocycles. The molecule has 0 amide bonds. The summed E-state index contributed by atoms with van der Waals surface area (Å²) < 4.78 is 2.19. The molecule has 1 aliphatic rings. The molecule has 4 rings (SSSR count). The molecule has 3 heteroatoms. The lowest BCUT2D eigenvalue weighted by atomic mass is 9.92. The van der Waals surface area contributed by atoms with Crippen molar-refractivity contribution in [1.29, 1.82) is 0 Å². The maximum atomic E-state index is 4.70. The highest BCUT2D eigenvalue weighted by molar-refractivity contribution is 5.31. The first-order chi connectivity index (χ1) is 12.7. The van der Waals surface area contributed by atoms with Gasteiger partial charge in [-0.25, -0.2) is 0 Å². The fourth-order valence-corrected chi connectivity index (χ4v) is 3.88. The molecule has 0 spiro atoms. The lowest BCUT2D eigenvalue weighted by Gasteiger charge is -2.24. The number of fused-ring (bicyclic) bond motifs is 1. The van der Waals surface area contributed by atoms with Crippen LogP contribution in [0.3, 0.4) is 0 Å². The van der Waals surface area contributed by atoms with Crippen LogP contribution in [-0.2, 0) is 19.5 Å². The van der Waals surface area contributed by atoms with E-state index in [9.17, 15) is 0 Å². The summed E-state index contributed by atoms with van der Waals surface area (Å²) in [5, 5.41) is 8.47. The van der Waals surface area contributed by atoms with Crippen molar-refractivity contribution in [2.45, 2.75) is 52.2 Å². The molecule has 1 aromatic heterocycles. The maximum absolute atomic E-state index is 4.70. The number of aryl methyl sites for hydroxylation is 2. The van der Waals surface area contributed by atoms with Gasteiger partial charge in [0.1, 0.15) is 0 Å². The Hall–Kier alpha value is -2.39. The second kappa shape index (κ2) is 7.46. The highest BCUT2D eigenvalue weighted by Gasteiger charge is 2.23. The van der Waals surface area contributed by atoms with Crippen LogP contribution >= 0.6 is 0 Å². The largest absolute Gasteiger partial charge is 0.306 e. The van der Waals surface area contributed by atoms with Gasteiger partial charge < -0.3 is 5.32 Å². The van der Waals surface area contributed by atoms with Crippen LogP contribution in [0.1, 0.15) is 52.4 Å². The van der Waals surface area contributed by atoms with Crippen LogP contribution in [0, 0.1) is 13.8 Å². The van der Waals surface area contributed by atoms with Gasteiger partial charge in [0.2, 0.25) is 0 Å². The highest BCUT2D eigenvalue weighted by atomic mass is 15.3. The molecule has 0 fully saturated rings. The summed E-state index contributed by atoms with van der Waals surface area (Å²) >= 11 is 0. The number of nitrogens with one attached hydrogen (secondary N) is 1. The molecule has 1 N–H and O–H groups in total. The second-order valence-electron chi connectivity index (χ2n) is 7.43. The molecular formula is C23H27N3. The number of rotatable bonds is 5. The summed E-state index contributed by atoms with van der Waals surface area (Å²) in [4.78, 5) is 0. The third kappa shape index (κ3) is 3.58. The van der Waals surface area contributed by atoms with E-state index >= 15 is 0 Å². The summed E-state index contributed by atoms with van der Waals surface area (Å²) in [6, 6.07) is 17.8. The van der Waals surface area contributed by atoms with Crippen molar-refractivity contribution in [3.05, 3.63) is 88.2 Å². The predicted molar refractivity (Wildman–Crippen MR) is 106 cm³/mol. The lowest BCUT2D eigenvalue weighted by molar-refractivity contribution is 0.449. The first kappa shape index (κ1) is 17.0. The zero-order valence-electron chi connectivity index (χ0n) is 15.7. The van der Waals surface area contributed by atoms with E-state index in [4.69, 9.17) is 5.10 Å². The van der Waals surface area contributed by atoms with Gasteiger partial charge in [0.15, 0.2) is 0 Å². The molecule has 1 atom stereocenters. The van der Waals surface area contributed by atoms with Crippen molar-refractivity contribution in [3.8, 4) is 0 Å². The molecular weight excluding hydrogens is 318 g/mol. The summed E-state index contributed by atoms with van der Waals surface area (Å²) in [7, 11) is 0. The fraction of sp³-hybridized carbons (Fsp3) is 0.348. The van der Waals surface area contributed by atoms with E-state index in [0.717, 1.165) is 19.5 Å². The van der Waals surface area contributed by atoms with Crippen LogP contribution in [0.5, 0.6) is 0 Å². The molecule has 26 heavy (non-hydrogen) atoms. The second-order valence-corrected chi connectivity index (χ2v) is 7.43. The molecule has 0 unspecified atom stereocenters. The topological polar surface area (TPSA) is 29.9 Å². The van der Waals surface area contributed by atoms with E-state index in [1.54, 1.807) is 0 Å². The van der Waals surface area contributed by atoms with Crippen molar-refractivity contribution in [1.82, 2.24) is 15.1 Å². The lowest BCUT2D eigenvalue weighted by Crippen LogP contribution is -2.25. The van der Waals surface area contributed by atoms with Gasteiger partial charge in [-0.05, 0) is 55.4 Å². The number of aromatic nitrogens is 2. The molecule has 0 aliphatic heterocycles. The van der Waals surface area contributed by atoms with Crippen molar-refractivity contribution < 1.29 is 0 Å². The predicted octanol–water partition coefficient (Wildman–Crippen LogP) is 4.72. The van der Waals surface area contributed by atoms with Gasteiger partial charge in [-0.1, -0.05) is 48.5 Å². The molecule has 134 valence electrons. The number of nitrogens with zero attached hydrogens (tertiary/aromatic N) is 2. The Bertz CT molecular complexity index is 880. The Morgan fingerprint density at radius 3 is 2.69 bits per heavy atom. The SMILES string of the molecule is Cc1ccc(CN[C@@H]2CCCc3c2cnn3Cc2ccccc2)cc1C. The minimum atomic E-state index is 0.407. The van der Waals surface area contributed by atoms with E-state index in [2.05, 4.69) is 78.6 Å². The Balaban J connectivity index is 1.48. The van der Waals surface area contributed by atoms with Gasteiger partial charge in [0.05, 0.1) is 12.7 Å². The summed E-state index contributed by atoms with van der Waals surface area (Å²) in [5.41, 5.74) is 8.18. The minimum Gasteiger partial charge on any atom is -0.306 e. The quantitative estimate of drug-likeness (QED) is 0.725. The third-order valence-corrected chi connectivity index (χ3v) is 5.56. The zero-order chi connectivity index (χ0) is 17.9. The van der Waals surface area contributed by atoms with E-state index in [0.29, 0.717) is 6.04 Å². The first-order valence-electron chi connectivity index (χ1n) is 9.59. The van der Waals surface area contributed by atoms with Crippen LogP contribution in [0.4, 0.5) is 0 Å².